The second-order valence-corrected chi connectivity index (χ2v) is 7.07. The van der Waals surface area contributed by atoms with Crippen molar-refractivity contribution in [2.45, 2.75) is 19.8 Å². The fourth-order valence-corrected chi connectivity index (χ4v) is 3.59. The Morgan fingerprint density at radius 1 is 1.14 bits per heavy atom. The average molecular weight is 377 g/mol. The van der Waals surface area contributed by atoms with Gasteiger partial charge in [0.25, 0.3) is 5.91 Å². The maximum atomic E-state index is 12.9. The standard InChI is InChI=1S/C22H23N3O3/c1-3-27-18-11-9-17(10-12-18)22(26)25-13-15(2)19(14-25)21-23-20(24-28-21)16-7-5-4-6-8-16/h4-12,15,19H,3,13-14H2,1-2H3/t15-,19-/m0/s1. The molecular formula is C22H23N3O3. The van der Waals surface area contributed by atoms with Crippen LogP contribution in [0.4, 0.5) is 0 Å². The van der Waals surface area contributed by atoms with E-state index in [9.17, 15) is 4.79 Å². The van der Waals surface area contributed by atoms with Crippen molar-refractivity contribution in [3.05, 3.63) is 66.1 Å². The Kier molecular flexibility index (Phi) is 5.10. The van der Waals surface area contributed by atoms with Crippen LogP contribution in [0.1, 0.15) is 36.0 Å². The predicted molar refractivity (Wildman–Crippen MR) is 105 cm³/mol. The third-order valence-electron chi connectivity index (χ3n) is 5.10. The molecule has 0 unspecified atom stereocenters. The molecule has 6 heteroatoms. The van der Waals surface area contributed by atoms with E-state index >= 15 is 0 Å². The molecule has 1 saturated heterocycles. The number of hydrogen-bond donors (Lipinski definition) is 0. The first-order valence-corrected chi connectivity index (χ1v) is 9.57. The van der Waals surface area contributed by atoms with Crippen molar-refractivity contribution in [1.29, 1.82) is 0 Å². The van der Waals surface area contributed by atoms with Gasteiger partial charge in [-0.15, -0.1) is 0 Å². The third-order valence-corrected chi connectivity index (χ3v) is 5.10. The SMILES string of the molecule is CCOc1ccc(C(=O)N2C[C@H](c3nc(-c4ccccc4)no3)[C@@H](C)C2)cc1. The number of amides is 1. The molecule has 6 nitrogen and oxygen atoms in total. The predicted octanol–water partition coefficient (Wildman–Crippen LogP) is 4.01. The first-order chi connectivity index (χ1) is 13.7. The van der Waals surface area contributed by atoms with Gasteiger partial charge in [0.2, 0.25) is 11.7 Å². The first kappa shape index (κ1) is 18.2. The van der Waals surface area contributed by atoms with Crippen molar-refractivity contribution in [3.8, 4) is 17.1 Å². The molecule has 3 aromatic rings. The largest absolute Gasteiger partial charge is 0.494 e. The van der Waals surface area contributed by atoms with E-state index in [0.717, 1.165) is 11.3 Å². The molecule has 0 spiro atoms. The molecule has 1 aliphatic rings. The second kappa shape index (κ2) is 7.84. The quantitative estimate of drug-likeness (QED) is 0.672. The molecule has 1 aliphatic heterocycles. The summed E-state index contributed by atoms with van der Waals surface area (Å²) in [6.45, 7) is 5.89. The summed E-state index contributed by atoms with van der Waals surface area (Å²) in [6.07, 6.45) is 0. The molecule has 2 aromatic carbocycles. The molecule has 0 N–H and O–H groups in total. The lowest BCUT2D eigenvalue weighted by Gasteiger charge is -2.16. The minimum Gasteiger partial charge on any atom is -0.494 e. The highest BCUT2D eigenvalue weighted by Gasteiger charge is 2.37. The molecule has 2 atom stereocenters. The Hall–Kier alpha value is -3.15. The summed E-state index contributed by atoms with van der Waals surface area (Å²) >= 11 is 0. The fraction of sp³-hybridized carbons (Fsp3) is 0.318. The van der Waals surface area contributed by atoms with Gasteiger partial charge in [0.05, 0.1) is 12.5 Å². The Bertz CT molecular complexity index is 937. The molecule has 0 saturated carbocycles. The van der Waals surface area contributed by atoms with Gasteiger partial charge in [0.1, 0.15) is 5.75 Å². The molecule has 28 heavy (non-hydrogen) atoms. The van der Waals surface area contributed by atoms with Crippen LogP contribution in [0.3, 0.4) is 0 Å². The summed E-state index contributed by atoms with van der Waals surface area (Å²) in [5.74, 6) is 2.24. The summed E-state index contributed by atoms with van der Waals surface area (Å²) in [5, 5.41) is 4.12. The number of carbonyl (C=O) groups is 1. The molecule has 1 fully saturated rings. The molecule has 0 aliphatic carbocycles. The van der Waals surface area contributed by atoms with Crippen molar-refractivity contribution in [3.63, 3.8) is 0 Å². The zero-order valence-corrected chi connectivity index (χ0v) is 16.0. The Labute approximate surface area is 164 Å². The molecule has 144 valence electrons. The van der Waals surface area contributed by atoms with E-state index < -0.39 is 0 Å². The summed E-state index contributed by atoms with van der Waals surface area (Å²) in [5.41, 5.74) is 1.58. The highest BCUT2D eigenvalue weighted by molar-refractivity contribution is 5.94. The van der Waals surface area contributed by atoms with Crippen LogP contribution >= 0.6 is 0 Å². The van der Waals surface area contributed by atoms with Gasteiger partial charge in [-0.1, -0.05) is 42.4 Å². The Morgan fingerprint density at radius 2 is 1.89 bits per heavy atom. The number of hydrogen-bond acceptors (Lipinski definition) is 5. The molecule has 4 rings (SSSR count). The smallest absolute Gasteiger partial charge is 0.253 e. The van der Waals surface area contributed by atoms with E-state index in [1.807, 2.05) is 66.4 Å². The van der Waals surface area contributed by atoms with E-state index in [-0.39, 0.29) is 17.7 Å². The highest BCUT2D eigenvalue weighted by atomic mass is 16.5. The summed E-state index contributed by atoms with van der Waals surface area (Å²) in [6, 6.07) is 17.0. The molecule has 1 aromatic heterocycles. The van der Waals surface area contributed by atoms with Gasteiger partial charge in [0.15, 0.2) is 0 Å². The van der Waals surface area contributed by atoms with Crippen molar-refractivity contribution < 1.29 is 14.1 Å². The van der Waals surface area contributed by atoms with Gasteiger partial charge in [-0.3, -0.25) is 4.79 Å². The van der Waals surface area contributed by atoms with Crippen molar-refractivity contribution >= 4 is 5.91 Å². The van der Waals surface area contributed by atoms with Crippen LogP contribution in [0.15, 0.2) is 59.1 Å². The molecule has 0 radical (unpaired) electrons. The van der Waals surface area contributed by atoms with Gasteiger partial charge in [-0.05, 0) is 37.1 Å². The van der Waals surface area contributed by atoms with E-state index in [0.29, 0.717) is 37.0 Å². The van der Waals surface area contributed by atoms with Crippen LogP contribution in [-0.2, 0) is 0 Å². The second-order valence-electron chi connectivity index (χ2n) is 7.07. The molecule has 2 heterocycles. The number of rotatable bonds is 5. The van der Waals surface area contributed by atoms with E-state index in [2.05, 4.69) is 17.1 Å². The summed E-state index contributed by atoms with van der Waals surface area (Å²) < 4.78 is 11.0. The normalized spacial score (nSPS) is 19.0. The van der Waals surface area contributed by atoms with Crippen LogP contribution in [0.25, 0.3) is 11.4 Å². The van der Waals surface area contributed by atoms with Crippen LogP contribution in [0.5, 0.6) is 5.75 Å². The van der Waals surface area contributed by atoms with Crippen molar-refractivity contribution in [2.24, 2.45) is 5.92 Å². The van der Waals surface area contributed by atoms with E-state index in [1.165, 1.54) is 0 Å². The minimum absolute atomic E-state index is 0.0141. The van der Waals surface area contributed by atoms with Crippen LogP contribution in [-0.4, -0.2) is 40.6 Å². The van der Waals surface area contributed by atoms with Gasteiger partial charge >= 0.3 is 0 Å². The van der Waals surface area contributed by atoms with Crippen molar-refractivity contribution in [1.82, 2.24) is 15.0 Å². The van der Waals surface area contributed by atoms with Gasteiger partial charge < -0.3 is 14.2 Å². The Balaban J connectivity index is 1.47. The van der Waals surface area contributed by atoms with Gasteiger partial charge in [-0.25, -0.2) is 0 Å². The number of aromatic nitrogens is 2. The monoisotopic (exact) mass is 377 g/mol. The Morgan fingerprint density at radius 3 is 2.61 bits per heavy atom. The number of nitrogens with zero attached hydrogens (tertiary/aromatic N) is 3. The molecule has 1 amide bonds. The molecule has 0 bridgehead atoms. The maximum Gasteiger partial charge on any atom is 0.253 e. The van der Waals surface area contributed by atoms with Gasteiger partial charge in [-0.2, -0.15) is 4.98 Å². The summed E-state index contributed by atoms with van der Waals surface area (Å²) in [4.78, 5) is 19.3. The first-order valence-electron chi connectivity index (χ1n) is 9.57. The minimum atomic E-state index is 0.0141. The van der Waals surface area contributed by atoms with Crippen LogP contribution in [0, 0.1) is 5.92 Å². The average Bonchev–Trinajstić information content (AvgIpc) is 3.36. The van der Waals surface area contributed by atoms with E-state index in [4.69, 9.17) is 9.26 Å². The third kappa shape index (κ3) is 3.63. The van der Waals surface area contributed by atoms with Gasteiger partial charge in [0, 0.05) is 24.2 Å². The zero-order chi connectivity index (χ0) is 19.5. The lowest BCUT2D eigenvalue weighted by atomic mass is 9.98. The van der Waals surface area contributed by atoms with Crippen LogP contribution < -0.4 is 4.74 Å². The summed E-state index contributed by atoms with van der Waals surface area (Å²) in [7, 11) is 0. The maximum absolute atomic E-state index is 12.9. The zero-order valence-electron chi connectivity index (χ0n) is 16.0. The van der Waals surface area contributed by atoms with E-state index in [1.54, 1.807) is 0 Å². The fourth-order valence-electron chi connectivity index (χ4n) is 3.59. The number of ether oxygens (including phenoxy) is 1. The van der Waals surface area contributed by atoms with Crippen molar-refractivity contribution in [2.75, 3.05) is 19.7 Å². The lowest BCUT2D eigenvalue weighted by molar-refractivity contribution is 0.0786. The highest BCUT2D eigenvalue weighted by Crippen LogP contribution is 2.33. The van der Waals surface area contributed by atoms with Crippen LogP contribution in [0.2, 0.25) is 0 Å². The number of carbonyl (C=O) groups excluding carboxylic acids is 1. The topological polar surface area (TPSA) is 68.5 Å². The number of benzene rings is 2. The number of likely N-dealkylation sites (tertiary alicyclic amines) is 1. The lowest BCUT2D eigenvalue weighted by Crippen LogP contribution is -2.28. The molecular weight excluding hydrogens is 354 g/mol.